The Bertz CT molecular complexity index is 656. The Morgan fingerprint density at radius 3 is 2.30 bits per heavy atom. The number of hydrogen-bond acceptors (Lipinski definition) is 3. The Morgan fingerprint density at radius 1 is 1.00 bits per heavy atom. The molecule has 0 aliphatic carbocycles. The SMILES string of the molecule is CCOc1ccc(NC(=O)Cc2ccc(Br)cc2)cc1OCC. The summed E-state index contributed by atoms with van der Waals surface area (Å²) in [5.41, 5.74) is 1.65. The minimum Gasteiger partial charge on any atom is -0.490 e. The average Bonchev–Trinajstić information content (AvgIpc) is 2.52. The van der Waals surface area contributed by atoms with Crippen LogP contribution in [0.25, 0.3) is 0 Å². The molecule has 0 fully saturated rings. The maximum atomic E-state index is 12.2. The lowest BCUT2D eigenvalue weighted by Crippen LogP contribution is -2.14. The van der Waals surface area contributed by atoms with Crippen LogP contribution >= 0.6 is 15.9 Å². The number of carbonyl (C=O) groups excluding carboxylic acids is 1. The smallest absolute Gasteiger partial charge is 0.228 e. The topological polar surface area (TPSA) is 47.6 Å². The van der Waals surface area contributed by atoms with E-state index in [-0.39, 0.29) is 5.91 Å². The van der Waals surface area contributed by atoms with Crippen LogP contribution in [0.5, 0.6) is 11.5 Å². The summed E-state index contributed by atoms with van der Waals surface area (Å²) in [7, 11) is 0. The first-order valence-electron chi connectivity index (χ1n) is 7.56. The van der Waals surface area contributed by atoms with Gasteiger partial charge in [-0.05, 0) is 43.7 Å². The van der Waals surface area contributed by atoms with Crippen LogP contribution in [0.1, 0.15) is 19.4 Å². The van der Waals surface area contributed by atoms with E-state index in [2.05, 4.69) is 21.2 Å². The minimum absolute atomic E-state index is 0.0704. The van der Waals surface area contributed by atoms with Gasteiger partial charge in [0, 0.05) is 16.2 Å². The monoisotopic (exact) mass is 377 g/mol. The van der Waals surface area contributed by atoms with E-state index in [0.717, 1.165) is 10.0 Å². The van der Waals surface area contributed by atoms with Crippen LogP contribution in [-0.2, 0) is 11.2 Å². The summed E-state index contributed by atoms with van der Waals surface area (Å²) < 4.78 is 12.1. The van der Waals surface area contributed by atoms with Crippen molar-refractivity contribution in [1.29, 1.82) is 0 Å². The first-order chi connectivity index (χ1) is 11.1. The number of carbonyl (C=O) groups is 1. The number of nitrogens with one attached hydrogen (secondary N) is 1. The maximum absolute atomic E-state index is 12.2. The van der Waals surface area contributed by atoms with Crippen LogP contribution in [0.4, 0.5) is 5.69 Å². The van der Waals surface area contributed by atoms with Gasteiger partial charge in [-0.2, -0.15) is 0 Å². The van der Waals surface area contributed by atoms with E-state index in [1.165, 1.54) is 0 Å². The van der Waals surface area contributed by atoms with Gasteiger partial charge in [0.05, 0.1) is 19.6 Å². The lowest BCUT2D eigenvalue weighted by Gasteiger charge is -2.13. The average molecular weight is 378 g/mol. The molecular weight excluding hydrogens is 358 g/mol. The second-order valence-corrected chi connectivity index (χ2v) is 5.79. The molecule has 0 atom stereocenters. The summed E-state index contributed by atoms with van der Waals surface area (Å²) in [6, 6.07) is 13.1. The van der Waals surface area contributed by atoms with Crippen LogP contribution in [0.3, 0.4) is 0 Å². The molecular formula is C18H20BrNO3. The summed E-state index contributed by atoms with van der Waals surface area (Å²) in [6.07, 6.45) is 0.324. The molecule has 0 saturated heterocycles. The second kappa shape index (κ2) is 8.58. The second-order valence-electron chi connectivity index (χ2n) is 4.88. The third-order valence-electron chi connectivity index (χ3n) is 3.11. The van der Waals surface area contributed by atoms with E-state index in [9.17, 15) is 4.79 Å². The molecule has 0 saturated carbocycles. The molecule has 0 aromatic heterocycles. The lowest BCUT2D eigenvalue weighted by molar-refractivity contribution is -0.115. The number of benzene rings is 2. The first kappa shape index (κ1) is 17.3. The van der Waals surface area contributed by atoms with Crippen molar-refractivity contribution in [1.82, 2.24) is 0 Å². The Kier molecular flexibility index (Phi) is 6.47. The van der Waals surface area contributed by atoms with Crippen molar-refractivity contribution in [2.45, 2.75) is 20.3 Å². The number of halogens is 1. The highest BCUT2D eigenvalue weighted by molar-refractivity contribution is 9.10. The van der Waals surface area contributed by atoms with Gasteiger partial charge in [-0.1, -0.05) is 28.1 Å². The summed E-state index contributed by atoms with van der Waals surface area (Å²) in [6.45, 7) is 4.93. The molecule has 5 heteroatoms. The fourth-order valence-corrected chi connectivity index (χ4v) is 2.39. The van der Waals surface area contributed by atoms with Crippen molar-refractivity contribution in [2.24, 2.45) is 0 Å². The van der Waals surface area contributed by atoms with E-state index in [4.69, 9.17) is 9.47 Å². The summed E-state index contributed by atoms with van der Waals surface area (Å²) >= 11 is 3.38. The van der Waals surface area contributed by atoms with Crippen LogP contribution in [0, 0.1) is 0 Å². The van der Waals surface area contributed by atoms with E-state index in [1.54, 1.807) is 6.07 Å². The molecule has 0 bridgehead atoms. The molecule has 23 heavy (non-hydrogen) atoms. The maximum Gasteiger partial charge on any atom is 0.228 e. The van der Waals surface area contributed by atoms with E-state index in [0.29, 0.717) is 36.8 Å². The molecule has 4 nitrogen and oxygen atoms in total. The number of ether oxygens (including phenoxy) is 2. The van der Waals surface area contributed by atoms with Crippen molar-refractivity contribution < 1.29 is 14.3 Å². The van der Waals surface area contributed by atoms with E-state index >= 15 is 0 Å². The molecule has 0 aliphatic heterocycles. The summed E-state index contributed by atoms with van der Waals surface area (Å²) in [5, 5.41) is 2.89. The normalized spacial score (nSPS) is 10.2. The van der Waals surface area contributed by atoms with Crippen molar-refractivity contribution in [3.63, 3.8) is 0 Å². The zero-order valence-corrected chi connectivity index (χ0v) is 14.9. The van der Waals surface area contributed by atoms with E-state index < -0.39 is 0 Å². The van der Waals surface area contributed by atoms with Gasteiger partial charge in [0.2, 0.25) is 5.91 Å². The molecule has 2 rings (SSSR count). The Balaban J connectivity index is 2.05. The predicted molar refractivity (Wildman–Crippen MR) is 95.3 cm³/mol. The van der Waals surface area contributed by atoms with Gasteiger partial charge in [-0.3, -0.25) is 4.79 Å². The van der Waals surface area contributed by atoms with Gasteiger partial charge in [-0.25, -0.2) is 0 Å². The van der Waals surface area contributed by atoms with Gasteiger partial charge in [0.25, 0.3) is 0 Å². The van der Waals surface area contributed by atoms with Gasteiger partial charge in [0.1, 0.15) is 0 Å². The molecule has 1 N–H and O–H groups in total. The summed E-state index contributed by atoms with van der Waals surface area (Å²) in [4.78, 5) is 12.2. The molecule has 122 valence electrons. The van der Waals surface area contributed by atoms with Crippen molar-refractivity contribution in [3.8, 4) is 11.5 Å². The summed E-state index contributed by atoms with van der Waals surface area (Å²) in [5.74, 6) is 1.25. The number of amides is 1. The Morgan fingerprint density at radius 2 is 1.65 bits per heavy atom. The molecule has 2 aromatic rings. The fraction of sp³-hybridized carbons (Fsp3) is 0.278. The highest BCUT2D eigenvalue weighted by Gasteiger charge is 2.09. The molecule has 0 unspecified atom stereocenters. The third kappa shape index (κ3) is 5.28. The molecule has 2 aromatic carbocycles. The number of anilines is 1. The quantitative estimate of drug-likeness (QED) is 0.776. The van der Waals surface area contributed by atoms with Gasteiger partial charge >= 0.3 is 0 Å². The molecule has 0 heterocycles. The van der Waals surface area contributed by atoms with Crippen LogP contribution < -0.4 is 14.8 Å². The Labute approximate surface area is 144 Å². The number of rotatable bonds is 7. The molecule has 0 aliphatic rings. The molecule has 1 amide bonds. The van der Waals surface area contributed by atoms with Crippen LogP contribution in [0.15, 0.2) is 46.9 Å². The van der Waals surface area contributed by atoms with Crippen molar-refractivity contribution in [2.75, 3.05) is 18.5 Å². The largest absolute Gasteiger partial charge is 0.490 e. The van der Waals surface area contributed by atoms with Gasteiger partial charge < -0.3 is 14.8 Å². The molecule has 0 spiro atoms. The predicted octanol–water partition coefficient (Wildman–Crippen LogP) is 4.43. The lowest BCUT2D eigenvalue weighted by atomic mass is 10.1. The zero-order chi connectivity index (χ0) is 16.7. The van der Waals surface area contributed by atoms with Crippen molar-refractivity contribution >= 4 is 27.5 Å². The van der Waals surface area contributed by atoms with E-state index in [1.807, 2.05) is 50.2 Å². The highest BCUT2D eigenvalue weighted by Crippen LogP contribution is 2.30. The third-order valence-corrected chi connectivity index (χ3v) is 3.63. The highest BCUT2D eigenvalue weighted by atomic mass is 79.9. The standard InChI is InChI=1S/C18H20BrNO3/c1-3-22-16-10-9-15(12-17(16)23-4-2)20-18(21)11-13-5-7-14(19)8-6-13/h5-10,12H,3-4,11H2,1-2H3,(H,20,21). The molecule has 0 radical (unpaired) electrons. The first-order valence-corrected chi connectivity index (χ1v) is 8.35. The van der Waals surface area contributed by atoms with Gasteiger partial charge in [-0.15, -0.1) is 0 Å². The number of hydrogen-bond donors (Lipinski definition) is 1. The van der Waals surface area contributed by atoms with Gasteiger partial charge in [0.15, 0.2) is 11.5 Å². The minimum atomic E-state index is -0.0704. The Hall–Kier alpha value is -2.01. The fourth-order valence-electron chi connectivity index (χ4n) is 2.12. The van der Waals surface area contributed by atoms with Crippen LogP contribution in [0.2, 0.25) is 0 Å². The van der Waals surface area contributed by atoms with Crippen LogP contribution in [-0.4, -0.2) is 19.1 Å². The zero-order valence-electron chi connectivity index (χ0n) is 13.3. The van der Waals surface area contributed by atoms with Crippen molar-refractivity contribution in [3.05, 3.63) is 52.5 Å².